The van der Waals surface area contributed by atoms with Crippen LogP contribution < -0.4 is 4.74 Å². The van der Waals surface area contributed by atoms with E-state index < -0.39 is 0 Å². The molecule has 0 fully saturated rings. The molecular formula is C17H16FNO2. The maximum Gasteiger partial charge on any atom is 0.170 e. The van der Waals surface area contributed by atoms with Crippen LogP contribution in [0.15, 0.2) is 48.7 Å². The van der Waals surface area contributed by atoms with Crippen molar-refractivity contribution in [3.05, 3.63) is 65.6 Å². The number of fused-ring (bicyclic) bond motifs is 1. The number of rotatable bonds is 4. The van der Waals surface area contributed by atoms with Crippen LogP contribution in [-0.2, 0) is 13.2 Å². The predicted octanol–water partition coefficient (Wildman–Crippen LogP) is 3.33. The lowest BCUT2D eigenvalue weighted by Gasteiger charge is -2.11. The second kappa shape index (κ2) is 5.58. The molecule has 0 radical (unpaired) electrons. The first-order valence-electron chi connectivity index (χ1n) is 6.73. The van der Waals surface area contributed by atoms with E-state index in [0.717, 1.165) is 16.5 Å². The van der Waals surface area contributed by atoms with Crippen LogP contribution >= 0.6 is 0 Å². The van der Waals surface area contributed by atoms with E-state index in [1.165, 1.54) is 7.11 Å². The molecule has 0 unspecified atom stereocenters. The summed E-state index contributed by atoms with van der Waals surface area (Å²) in [5, 5.41) is 10.5. The number of aliphatic hydroxyl groups is 1. The molecule has 0 aliphatic rings. The van der Waals surface area contributed by atoms with Crippen molar-refractivity contribution in [3.63, 3.8) is 0 Å². The van der Waals surface area contributed by atoms with Crippen molar-refractivity contribution in [2.75, 3.05) is 7.11 Å². The van der Waals surface area contributed by atoms with Crippen LogP contribution in [0, 0.1) is 5.82 Å². The van der Waals surface area contributed by atoms with E-state index in [1.807, 2.05) is 35.0 Å². The average molecular weight is 285 g/mol. The van der Waals surface area contributed by atoms with Crippen LogP contribution in [0.2, 0.25) is 0 Å². The van der Waals surface area contributed by atoms with Gasteiger partial charge in [0.1, 0.15) is 0 Å². The highest BCUT2D eigenvalue weighted by atomic mass is 19.1. The Balaban J connectivity index is 2.07. The van der Waals surface area contributed by atoms with Gasteiger partial charge in [-0.05, 0) is 17.5 Å². The van der Waals surface area contributed by atoms with Gasteiger partial charge in [0.15, 0.2) is 11.6 Å². The van der Waals surface area contributed by atoms with Crippen LogP contribution in [0.25, 0.3) is 10.9 Å². The van der Waals surface area contributed by atoms with Gasteiger partial charge in [0.05, 0.1) is 25.8 Å². The van der Waals surface area contributed by atoms with E-state index in [4.69, 9.17) is 4.74 Å². The summed E-state index contributed by atoms with van der Waals surface area (Å²) in [6.45, 7) is 0.353. The zero-order valence-corrected chi connectivity index (χ0v) is 11.7. The Hall–Kier alpha value is -2.33. The van der Waals surface area contributed by atoms with Gasteiger partial charge in [-0.15, -0.1) is 0 Å². The number of benzene rings is 2. The van der Waals surface area contributed by atoms with Gasteiger partial charge in [0.25, 0.3) is 0 Å². The number of aliphatic hydroxyl groups excluding tert-OH is 1. The highest BCUT2D eigenvalue weighted by Crippen LogP contribution is 2.25. The van der Waals surface area contributed by atoms with Gasteiger partial charge in [0, 0.05) is 17.3 Å². The van der Waals surface area contributed by atoms with Gasteiger partial charge in [-0.3, -0.25) is 0 Å². The average Bonchev–Trinajstić information content (AvgIpc) is 2.92. The molecule has 0 saturated carbocycles. The molecule has 0 amide bonds. The number of aromatic nitrogens is 1. The molecule has 21 heavy (non-hydrogen) atoms. The van der Waals surface area contributed by atoms with Crippen molar-refractivity contribution < 1.29 is 14.2 Å². The molecular weight excluding hydrogens is 269 g/mol. The number of nitrogens with zero attached hydrogens (tertiary/aromatic N) is 1. The van der Waals surface area contributed by atoms with Crippen LogP contribution in [0.3, 0.4) is 0 Å². The summed E-state index contributed by atoms with van der Waals surface area (Å²) in [5.41, 5.74) is 2.32. The molecule has 0 atom stereocenters. The van der Waals surface area contributed by atoms with Gasteiger partial charge in [-0.2, -0.15) is 0 Å². The van der Waals surface area contributed by atoms with Gasteiger partial charge >= 0.3 is 0 Å². The number of para-hydroxylation sites is 1. The summed E-state index contributed by atoms with van der Waals surface area (Å²) in [7, 11) is 1.46. The van der Waals surface area contributed by atoms with E-state index in [-0.39, 0.29) is 18.2 Å². The summed E-state index contributed by atoms with van der Waals surface area (Å²) in [5.74, 6) is -0.102. The number of methoxy groups -OCH3 is 1. The Bertz CT molecular complexity index is 780. The Morgan fingerprint density at radius 3 is 2.62 bits per heavy atom. The number of hydrogen-bond acceptors (Lipinski definition) is 2. The minimum absolute atomic E-state index is 0.0397. The molecule has 4 heteroatoms. The summed E-state index contributed by atoms with van der Waals surface area (Å²) < 4.78 is 21.2. The normalized spacial score (nSPS) is 11.0. The molecule has 108 valence electrons. The molecule has 0 aliphatic heterocycles. The standard InChI is InChI=1S/C17H16FNO2/c1-21-15-7-3-5-13(16(15)18)10-19-9-8-12-4-2-6-14(11-20)17(12)19/h2-9,20H,10-11H2,1H3. The number of hydrogen-bond donors (Lipinski definition) is 1. The first-order chi connectivity index (χ1) is 10.2. The van der Waals surface area contributed by atoms with Crippen molar-refractivity contribution in [3.8, 4) is 5.75 Å². The second-order valence-corrected chi connectivity index (χ2v) is 4.89. The van der Waals surface area contributed by atoms with Crippen molar-refractivity contribution in [1.82, 2.24) is 4.57 Å². The third-order valence-corrected chi connectivity index (χ3v) is 3.65. The number of halogens is 1. The SMILES string of the molecule is COc1cccc(Cn2ccc3cccc(CO)c32)c1F. The molecule has 1 heterocycles. The van der Waals surface area contributed by atoms with Crippen molar-refractivity contribution in [2.45, 2.75) is 13.2 Å². The smallest absolute Gasteiger partial charge is 0.170 e. The third kappa shape index (κ3) is 2.38. The Labute approximate surface area is 122 Å². The lowest BCUT2D eigenvalue weighted by Crippen LogP contribution is -2.03. The lowest BCUT2D eigenvalue weighted by atomic mass is 10.1. The molecule has 1 N–H and O–H groups in total. The van der Waals surface area contributed by atoms with E-state index in [9.17, 15) is 9.50 Å². The van der Waals surface area contributed by atoms with E-state index in [0.29, 0.717) is 12.1 Å². The van der Waals surface area contributed by atoms with Crippen molar-refractivity contribution in [1.29, 1.82) is 0 Å². The van der Waals surface area contributed by atoms with Crippen molar-refractivity contribution in [2.24, 2.45) is 0 Å². The first-order valence-corrected chi connectivity index (χ1v) is 6.73. The van der Waals surface area contributed by atoms with Crippen molar-refractivity contribution >= 4 is 10.9 Å². The maximum absolute atomic E-state index is 14.3. The summed E-state index contributed by atoms with van der Waals surface area (Å²) in [6.07, 6.45) is 1.91. The molecule has 0 bridgehead atoms. The molecule has 3 aromatic rings. The van der Waals surface area contributed by atoms with Gasteiger partial charge in [-0.1, -0.05) is 30.3 Å². The molecule has 3 rings (SSSR count). The van der Waals surface area contributed by atoms with Gasteiger partial charge in [-0.25, -0.2) is 4.39 Å². The first kappa shape index (κ1) is 13.6. The minimum Gasteiger partial charge on any atom is -0.494 e. The molecule has 2 aromatic carbocycles. The second-order valence-electron chi connectivity index (χ2n) is 4.89. The van der Waals surface area contributed by atoms with Crippen LogP contribution in [-0.4, -0.2) is 16.8 Å². The summed E-state index contributed by atoms with van der Waals surface area (Å²) >= 11 is 0. The molecule has 0 aliphatic carbocycles. The fourth-order valence-corrected chi connectivity index (χ4v) is 2.62. The largest absolute Gasteiger partial charge is 0.494 e. The zero-order valence-electron chi connectivity index (χ0n) is 11.7. The van der Waals surface area contributed by atoms with Crippen LogP contribution in [0.5, 0.6) is 5.75 Å². The maximum atomic E-state index is 14.3. The monoisotopic (exact) mass is 285 g/mol. The molecule has 0 spiro atoms. The molecule has 3 nitrogen and oxygen atoms in total. The Morgan fingerprint density at radius 1 is 1.10 bits per heavy atom. The molecule has 1 aromatic heterocycles. The third-order valence-electron chi connectivity index (χ3n) is 3.65. The van der Waals surface area contributed by atoms with E-state index >= 15 is 0 Å². The predicted molar refractivity (Wildman–Crippen MR) is 79.9 cm³/mol. The topological polar surface area (TPSA) is 34.4 Å². The fraction of sp³-hybridized carbons (Fsp3) is 0.176. The quantitative estimate of drug-likeness (QED) is 0.798. The lowest BCUT2D eigenvalue weighted by molar-refractivity contribution is 0.283. The molecule has 0 saturated heterocycles. The summed E-state index contributed by atoms with van der Waals surface area (Å²) in [6, 6.07) is 12.8. The fourth-order valence-electron chi connectivity index (χ4n) is 2.62. The van der Waals surface area contributed by atoms with Gasteiger partial charge < -0.3 is 14.4 Å². The van der Waals surface area contributed by atoms with E-state index in [2.05, 4.69) is 0 Å². The van der Waals surface area contributed by atoms with Crippen LogP contribution in [0.4, 0.5) is 4.39 Å². The summed E-state index contributed by atoms with van der Waals surface area (Å²) in [4.78, 5) is 0. The Morgan fingerprint density at radius 2 is 1.86 bits per heavy atom. The van der Waals surface area contributed by atoms with E-state index in [1.54, 1.807) is 18.2 Å². The highest BCUT2D eigenvalue weighted by molar-refractivity contribution is 5.83. The Kier molecular flexibility index (Phi) is 3.62. The zero-order chi connectivity index (χ0) is 14.8. The minimum atomic E-state index is -0.344. The van der Waals surface area contributed by atoms with Crippen LogP contribution in [0.1, 0.15) is 11.1 Å². The number of ether oxygens (including phenoxy) is 1. The highest BCUT2D eigenvalue weighted by Gasteiger charge is 2.11. The van der Waals surface area contributed by atoms with Gasteiger partial charge in [0.2, 0.25) is 0 Å².